The predicted molar refractivity (Wildman–Crippen MR) is 91.0 cm³/mol. The molecule has 0 radical (unpaired) electrons. The van der Waals surface area contributed by atoms with Gasteiger partial charge in [-0.05, 0) is 38.3 Å². The summed E-state index contributed by atoms with van der Waals surface area (Å²) in [5.41, 5.74) is 3.84. The topological polar surface area (TPSA) is 37.8 Å². The fourth-order valence-electron chi connectivity index (χ4n) is 2.08. The largest absolute Gasteiger partial charge is 0.370 e. The molecule has 2 rings (SSSR count). The number of hydrogen-bond acceptors (Lipinski definition) is 4. The third-order valence-electron chi connectivity index (χ3n) is 3.38. The van der Waals surface area contributed by atoms with Crippen LogP contribution in [0.1, 0.15) is 35.9 Å². The van der Waals surface area contributed by atoms with E-state index < -0.39 is 0 Å². The molecule has 1 N–H and O–H groups in total. The van der Waals surface area contributed by atoms with E-state index in [1.807, 2.05) is 6.92 Å². The summed E-state index contributed by atoms with van der Waals surface area (Å²) in [7, 11) is 0. The Labute approximate surface area is 131 Å². The normalized spacial score (nSPS) is 10.7. The van der Waals surface area contributed by atoms with E-state index in [4.69, 9.17) is 0 Å². The highest BCUT2D eigenvalue weighted by Crippen LogP contribution is 2.28. The highest BCUT2D eigenvalue weighted by atomic mass is 32.2. The minimum atomic E-state index is 0.825. The molecule has 4 heteroatoms. The third-order valence-corrected chi connectivity index (χ3v) is 4.51. The molecule has 3 nitrogen and oxygen atoms in total. The van der Waals surface area contributed by atoms with Crippen LogP contribution < -0.4 is 5.32 Å². The van der Waals surface area contributed by atoms with Gasteiger partial charge in [0.15, 0.2) is 0 Å². The molecule has 0 saturated heterocycles. The molecular weight excluding hydrogens is 278 g/mol. The van der Waals surface area contributed by atoms with Crippen molar-refractivity contribution in [2.24, 2.45) is 0 Å². The SMILES string of the molecule is CCCNc1nc(C)nc(SCc2ccccc2C)c1C. The number of nitrogens with one attached hydrogen (secondary N) is 1. The molecule has 21 heavy (non-hydrogen) atoms. The summed E-state index contributed by atoms with van der Waals surface area (Å²) in [6.07, 6.45) is 1.09. The number of nitrogens with zero attached hydrogens (tertiary/aromatic N) is 2. The van der Waals surface area contributed by atoms with Crippen molar-refractivity contribution in [2.75, 3.05) is 11.9 Å². The highest BCUT2D eigenvalue weighted by molar-refractivity contribution is 7.98. The van der Waals surface area contributed by atoms with E-state index in [1.54, 1.807) is 11.8 Å². The molecule has 0 aliphatic carbocycles. The van der Waals surface area contributed by atoms with Crippen molar-refractivity contribution in [1.82, 2.24) is 9.97 Å². The van der Waals surface area contributed by atoms with Gasteiger partial charge in [0, 0.05) is 17.9 Å². The van der Waals surface area contributed by atoms with Crippen LogP contribution in [0.2, 0.25) is 0 Å². The van der Waals surface area contributed by atoms with Crippen LogP contribution >= 0.6 is 11.8 Å². The van der Waals surface area contributed by atoms with Gasteiger partial charge in [-0.3, -0.25) is 0 Å². The van der Waals surface area contributed by atoms with Gasteiger partial charge in [-0.25, -0.2) is 9.97 Å². The predicted octanol–water partition coefficient (Wildman–Crippen LogP) is 4.52. The maximum Gasteiger partial charge on any atom is 0.133 e. The summed E-state index contributed by atoms with van der Waals surface area (Å²) in [6, 6.07) is 8.51. The van der Waals surface area contributed by atoms with Crippen LogP contribution in [0.4, 0.5) is 5.82 Å². The highest BCUT2D eigenvalue weighted by Gasteiger charge is 2.10. The molecule has 1 heterocycles. The van der Waals surface area contributed by atoms with Crippen LogP contribution in [0.3, 0.4) is 0 Å². The number of thioether (sulfide) groups is 1. The van der Waals surface area contributed by atoms with Crippen molar-refractivity contribution in [2.45, 2.75) is 44.9 Å². The maximum atomic E-state index is 4.60. The van der Waals surface area contributed by atoms with Gasteiger partial charge < -0.3 is 5.32 Å². The summed E-state index contributed by atoms with van der Waals surface area (Å²) in [5.74, 6) is 2.74. The average Bonchev–Trinajstić information content (AvgIpc) is 2.47. The third kappa shape index (κ3) is 4.21. The molecular formula is C17H23N3S. The van der Waals surface area contributed by atoms with Gasteiger partial charge >= 0.3 is 0 Å². The quantitative estimate of drug-likeness (QED) is 0.629. The maximum absolute atomic E-state index is 4.60. The van der Waals surface area contributed by atoms with E-state index in [1.165, 1.54) is 11.1 Å². The Bertz CT molecular complexity index is 611. The van der Waals surface area contributed by atoms with Crippen LogP contribution in [-0.2, 0) is 5.75 Å². The Morgan fingerprint density at radius 1 is 1.10 bits per heavy atom. The van der Waals surface area contributed by atoms with Crippen LogP contribution in [0, 0.1) is 20.8 Å². The molecule has 1 aromatic heterocycles. The van der Waals surface area contributed by atoms with E-state index in [2.05, 4.69) is 60.3 Å². The van der Waals surface area contributed by atoms with Crippen LogP contribution in [0.15, 0.2) is 29.3 Å². The molecule has 0 saturated carbocycles. The first kappa shape index (κ1) is 15.8. The van der Waals surface area contributed by atoms with Gasteiger partial charge in [0.1, 0.15) is 16.7 Å². The first-order valence-electron chi connectivity index (χ1n) is 7.38. The molecule has 0 aliphatic heterocycles. The molecule has 2 aromatic rings. The van der Waals surface area contributed by atoms with Crippen LogP contribution in [0.5, 0.6) is 0 Å². The van der Waals surface area contributed by atoms with Crippen molar-refractivity contribution in [3.63, 3.8) is 0 Å². The standard InChI is InChI=1S/C17H23N3S/c1-5-10-18-16-13(3)17(20-14(4)19-16)21-11-15-9-7-6-8-12(15)2/h6-9H,5,10-11H2,1-4H3,(H,18,19,20). The Kier molecular flexibility index (Phi) is 5.62. The van der Waals surface area contributed by atoms with Crippen molar-refractivity contribution >= 4 is 17.6 Å². The van der Waals surface area contributed by atoms with Crippen molar-refractivity contribution in [3.8, 4) is 0 Å². The Balaban J connectivity index is 2.16. The minimum absolute atomic E-state index is 0.825. The molecule has 0 fully saturated rings. The lowest BCUT2D eigenvalue weighted by Crippen LogP contribution is -2.07. The molecule has 0 aliphatic rings. The van der Waals surface area contributed by atoms with E-state index in [9.17, 15) is 0 Å². The Morgan fingerprint density at radius 2 is 1.86 bits per heavy atom. The number of aromatic nitrogens is 2. The van der Waals surface area contributed by atoms with Gasteiger partial charge in [-0.2, -0.15) is 0 Å². The van der Waals surface area contributed by atoms with E-state index in [0.717, 1.165) is 41.0 Å². The molecule has 0 spiro atoms. The van der Waals surface area contributed by atoms with Gasteiger partial charge in [0.25, 0.3) is 0 Å². The Hall–Kier alpha value is -1.55. The zero-order chi connectivity index (χ0) is 15.2. The van der Waals surface area contributed by atoms with Crippen molar-refractivity contribution in [3.05, 3.63) is 46.8 Å². The molecule has 112 valence electrons. The van der Waals surface area contributed by atoms with E-state index in [0.29, 0.717) is 0 Å². The summed E-state index contributed by atoms with van der Waals surface area (Å²) in [6.45, 7) is 9.30. The second-order valence-corrected chi connectivity index (χ2v) is 6.16. The fraction of sp³-hybridized carbons (Fsp3) is 0.412. The van der Waals surface area contributed by atoms with Crippen LogP contribution in [-0.4, -0.2) is 16.5 Å². The summed E-state index contributed by atoms with van der Waals surface area (Å²) in [5, 5.41) is 4.46. The van der Waals surface area contributed by atoms with E-state index >= 15 is 0 Å². The fourth-order valence-corrected chi connectivity index (χ4v) is 3.20. The van der Waals surface area contributed by atoms with Crippen molar-refractivity contribution < 1.29 is 0 Å². The first-order chi connectivity index (χ1) is 10.1. The van der Waals surface area contributed by atoms with Crippen molar-refractivity contribution in [1.29, 1.82) is 0 Å². The zero-order valence-electron chi connectivity index (χ0n) is 13.2. The number of rotatable bonds is 6. The Morgan fingerprint density at radius 3 is 2.57 bits per heavy atom. The number of anilines is 1. The zero-order valence-corrected chi connectivity index (χ0v) is 14.0. The van der Waals surface area contributed by atoms with Gasteiger partial charge in [-0.1, -0.05) is 31.2 Å². The molecule has 0 amide bonds. The summed E-state index contributed by atoms with van der Waals surface area (Å²) >= 11 is 1.78. The smallest absolute Gasteiger partial charge is 0.133 e. The monoisotopic (exact) mass is 301 g/mol. The lowest BCUT2D eigenvalue weighted by atomic mass is 10.1. The summed E-state index contributed by atoms with van der Waals surface area (Å²) in [4.78, 5) is 9.11. The molecule has 0 bridgehead atoms. The lowest BCUT2D eigenvalue weighted by molar-refractivity contribution is 0.908. The number of benzene rings is 1. The minimum Gasteiger partial charge on any atom is -0.370 e. The van der Waals surface area contributed by atoms with E-state index in [-0.39, 0.29) is 0 Å². The van der Waals surface area contributed by atoms with Crippen LogP contribution in [0.25, 0.3) is 0 Å². The second kappa shape index (κ2) is 7.46. The van der Waals surface area contributed by atoms with Gasteiger partial charge in [-0.15, -0.1) is 11.8 Å². The summed E-state index contributed by atoms with van der Waals surface area (Å²) < 4.78 is 0. The molecule has 0 unspecified atom stereocenters. The number of hydrogen-bond donors (Lipinski definition) is 1. The van der Waals surface area contributed by atoms with Gasteiger partial charge in [0.2, 0.25) is 0 Å². The average molecular weight is 301 g/mol. The van der Waals surface area contributed by atoms with Gasteiger partial charge in [0.05, 0.1) is 0 Å². The lowest BCUT2D eigenvalue weighted by Gasteiger charge is -2.12. The number of aryl methyl sites for hydroxylation is 2. The molecule has 1 aromatic carbocycles. The first-order valence-corrected chi connectivity index (χ1v) is 8.36. The second-order valence-electron chi connectivity index (χ2n) is 5.19. The molecule has 0 atom stereocenters.